The van der Waals surface area contributed by atoms with Gasteiger partial charge in [-0.3, -0.25) is 9.97 Å². The van der Waals surface area contributed by atoms with Gasteiger partial charge in [0.1, 0.15) is 0 Å². The zero-order valence-electron chi connectivity index (χ0n) is 14.6. The molecule has 2 aromatic carbocycles. The van der Waals surface area contributed by atoms with E-state index in [4.69, 9.17) is 0 Å². The van der Waals surface area contributed by atoms with Gasteiger partial charge in [0, 0.05) is 18.9 Å². The fourth-order valence-electron chi connectivity index (χ4n) is 2.91. The molecule has 26 heavy (non-hydrogen) atoms. The molecule has 0 saturated carbocycles. The Bertz CT molecular complexity index is 880. The van der Waals surface area contributed by atoms with E-state index in [2.05, 4.69) is 76.5 Å². The Labute approximate surface area is 153 Å². The van der Waals surface area contributed by atoms with Crippen molar-refractivity contribution in [3.63, 3.8) is 0 Å². The molecule has 0 fully saturated rings. The Morgan fingerprint density at radius 1 is 0.577 bits per heavy atom. The van der Waals surface area contributed by atoms with Gasteiger partial charge in [0.25, 0.3) is 0 Å². The van der Waals surface area contributed by atoms with Crippen LogP contribution in [0.1, 0.15) is 0 Å². The molecular formula is C23H19N3. The zero-order valence-corrected chi connectivity index (χ0v) is 14.6. The van der Waals surface area contributed by atoms with Crippen LogP contribution in [0, 0.1) is 0 Å². The highest BCUT2D eigenvalue weighted by atomic mass is 15.1. The lowest BCUT2D eigenvalue weighted by atomic mass is 10.1. The first kappa shape index (κ1) is 16.0. The zero-order chi connectivity index (χ0) is 17.8. The Balaban J connectivity index is 1.55. The Morgan fingerprint density at radius 2 is 1.23 bits per heavy atom. The molecule has 2 aromatic heterocycles. The van der Waals surface area contributed by atoms with Gasteiger partial charge in [0.05, 0.1) is 23.3 Å². The monoisotopic (exact) mass is 337 g/mol. The van der Waals surface area contributed by atoms with Gasteiger partial charge in [0.2, 0.25) is 0 Å². The summed E-state index contributed by atoms with van der Waals surface area (Å²) in [4.78, 5) is 11.0. The third kappa shape index (κ3) is 3.33. The van der Waals surface area contributed by atoms with Crippen LogP contribution in [0.25, 0.3) is 22.5 Å². The smallest absolute Gasteiger partial charge is 0.0887 e. The van der Waals surface area contributed by atoms with E-state index in [-0.39, 0.29) is 0 Å². The first-order valence-corrected chi connectivity index (χ1v) is 8.58. The van der Waals surface area contributed by atoms with Crippen molar-refractivity contribution < 1.29 is 0 Å². The summed E-state index contributed by atoms with van der Waals surface area (Å²) in [6, 6.07) is 28.9. The number of aromatic nitrogens is 2. The number of nitrogens with zero attached hydrogens (tertiary/aromatic N) is 3. The topological polar surface area (TPSA) is 29.0 Å². The highest BCUT2D eigenvalue weighted by Crippen LogP contribution is 2.27. The van der Waals surface area contributed by atoms with Crippen LogP contribution in [0.15, 0.2) is 97.3 Å². The molecule has 0 radical (unpaired) electrons. The van der Waals surface area contributed by atoms with E-state index in [0.29, 0.717) is 0 Å². The fourth-order valence-corrected chi connectivity index (χ4v) is 2.91. The van der Waals surface area contributed by atoms with Crippen molar-refractivity contribution in [1.29, 1.82) is 0 Å². The Hall–Kier alpha value is -3.46. The number of benzene rings is 2. The second-order valence-corrected chi connectivity index (χ2v) is 6.09. The Kier molecular flexibility index (Phi) is 4.44. The lowest BCUT2D eigenvalue weighted by Crippen LogP contribution is -2.09. The van der Waals surface area contributed by atoms with Gasteiger partial charge in [-0.05, 0) is 47.5 Å². The molecule has 3 heteroatoms. The predicted molar refractivity (Wildman–Crippen MR) is 107 cm³/mol. The van der Waals surface area contributed by atoms with Crippen molar-refractivity contribution in [3.8, 4) is 22.5 Å². The van der Waals surface area contributed by atoms with E-state index in [1.165, 1.54) is 11.1 Å². The van der Waals surface area contributed by atoms with Crippen LogP contribution in [0.2, 0.25) is 0 Å². The average molecular weight is 337 g/mol. The summed E-state index contributed by atoms with van der Waals surface area (Å²) in [6.45, 7) is 0. The number of anilines is 2. The third-order valence-electron chi connectivity index (χ3n) is 4.42. The molecule has 4 aromatic rings. The molecule has 0 amide bonds. The molecule has 0 aliphatic heterocycles. The molecule has 4 rings (SSSR count). The van der Waals surface area contributed by atoms with Crippen LogP contribution in [0.3, 0.4) is 0 Å². The van der Waals surface area contributed by atoms with Gasteiger partial charge >= 0.3 is 0 Å². The van der Waals surface area contributed by atoms with Gasteiger partial charge < -0.3 is 4.90 Å². The summed E-state index contributed by atoms with van der Waals surface area (Å²) >= 11 is 0. The van der Waals surface area contributed by atoms with Crippen LogP contribution < -0.4 is 4.90 Å². The van der Waals surface area contributed by atoms with Crippen molar-refractivity contribution in [2.75, 3.05) is 11.9 Å². The first-order valence-electron chi connectivity index (χ1n) is 8.58. The maximum atomic E-state index is 4.56. The molecule has 0 atom stereocenters. The molecule has 0 N–H and O–H groups in total. The van der Waals surface area contributed by atoms with Crippen LogP contribution in [-0.4, -0.2) is 17.0 Å². The quantitative estimate of drug-likeness (QED) is 0.487. The van der Waals surface area contributed by atoms with Crippen molar-refractivity contribution in [2.24, 2.45) is 0 Å². The van der Waals surface area contributed by atoms with E-state index in [0.717, 1.165) is 22.8 Å². The normalized spacial score (nSPS) is 10.5. The van der Waals surface area contributed by atoms with Gasteiger partial charge in [-0.2, -0.15) is 0 Å². The number of hydrogen-bond donors (Lipinski definition) is 0. The van der Waals surface area contributed by atoms with E-state index in [1.54, 1.807) is 6.20 Å². The predicted octanol–water partition coefficient (Wildman–Crippen LogP) is 5.58. The van der Waals surface area contributed by atoms with Gasteiger partial charge in [0.15, 0.2) is 0 Å². The van der Waals surface area contributed by atoms with Gasteiger partial charge in [-0.25, -0.2) is 0 Å². The number of hydrogen-bond acceptors (Lipinski definition) is 3. The van der Waals surface area contributed by atoms with E-state index in [9.17, 15) is 0 Å². The van der Waals surface area contributed by atoms with Crippen molar-refractivity contribution in [1.82, 2.24) is 9.97 Å². The molecule has 0 saturated heterocycles. The summed E-state index contributed by atoms with van der Waals surface area (Å²) in [7, 11) is 2.05. The number of pyridine rings is 2. The Morgan fingerprint density at radius 3 is 1.88 bits per heavy atom. The maximum Gasteiger partial charge on any atom is 0.0887 e. The minimum atomic E-state index is 0.877. The second kappa shape index (κ2) is 7.19. The largest absolute Gasteiger partial charge is 0.343 e. The van der Waals surface area contributed by atoms with Crippen molar-refractivity contribution in [2.45, 2.75) is 0 Å². The molecule has 0 unspecified atom stereocenters. The van der Waals surface area contributed by atoms with Gasteiger partial charge in [-0.1, -0.05) is 48.5 Å². The lowest BCUT2D eigenvalue weighted by molar-refractivity contribution is 1.17. The molecular weight excluding hydrogens is 318 g/mol. The lowest BCUT2D eigenvalue weighted by Gasteiger charge is -2.19. The van der Waals surface area contributed by atoms with E-state index >= 15 is 0 Å². The first-order chi connectivity index (χ1) is 12.8. The van der Waals surface area contributed by atoms with Crippen LogP contribution in [0.5, 0.6) is 0 Å². The van der Waals surface area contributed by atoms with Crippen LogP contribution >= 0.6 is 0 Å². The molecule has 0 bridgehead atoms. The van der Waals surface area contributed by atoms with Crippen molar-refractivity contribution >= 4 is 11.4 Å². The fraction of sp³-hybridized carbons (Fsp3) is 0.0435. The summed E-state index contributed by atoms with van der Waals surface area (Å²) in [5.41, 5.74) is 6.36. The molecule has 126 valence electrons. The summed E-state index contributed by atoms with van der Waals surface area (Å²) < 4.78 is 0. The highest BCUT2D eigenvalue weighted by molar-refractivity contribution is 5.69. The summed E-state index contributed by atoms with van der Waals surface area (Å²) in [5, 5.41) is 0. The summed E-state index contributed by atoms with van der Waals surface area (Å²) in [6.07, 6.45) is 3.67. The molecule has 0 aliphatic carbocycles. The van der Waals surface area contributed by atoms with Crippen LogP contribution in [0.4, 0.5) is 11.4 Å². The maximum absolute atomic E-state index is 4.56. The SMILES string of the molecule is CN(c1ccc(-c2ccccc2)cc1)c1ccc(-c2ccccn2)nc1. The molecule has 3 nitrogen and oxygen atoms in total. The number of rotatable bonds is 4. The molecule has 2 heterocycles. The summed E-state index contributed by atoms with van der Waals surface area (Å²) in [5.74, 6) is 0. The van der Waals surface area contributed by atoms with Gasteiger partial charge in [-0.15, -0.1) is 0 Å². The standard InChI is InChI=1S/C23H19N3/c1-26(20-12-10-19(11-13-20)18-7-3-2-4-8-18)21-14-15-23(25-17-21)22-9-5-6-16-24-22/h2-17H,1H3. The average Bonchev–Trinajstić information content (AvgIpc) is 2.75. The molecule has 0 spiro atoms. The second-order valence-electron chi connectivity index (χ2n) is 6.09. The van der Waals surface area contributed by atoms with E-state index in [1.807, 2.05) is 36.5 Å². The highest BCUT2D eigenvalue weighted by Gasteiger charge is 2.07. The van der Waals surface area contributed by atoms with Crippen molar-refractivity contribution in [3.05, 3.63) is 97.3 Å². The van der Waals surface area contributed by atoms with Crippen LogP contribution in [-0.2, 0) is 0 Å². The minimum Gasteiger partial charge on any atom is -0.343 e. The third-order valence-corrected chi connectivity index (χ3v) is 4.42. The van der Waals surface area contributed by atoms with E-state index < -0.39 is 0 Å². The minimum absolute atomic E-state index is 0.877. The molecule has 0 aliphatic rings.